The number of carbonyl (C=O) groups excluding carboxylic acids is 1. The smallest absolute Gasteiger partial charge is 0.407 e. The van der Waals surface area contributed by atoms with E-state index >= 15 is 0 Å². The lowest BCUT2D eigenvalue weighted by atomic mass is 9.97. The van der Waals surface area contributed by atoms with Gasteiger partial charge >= 0.3 is 6.09 Å². The number of nitrogens with one attached hydrogen (secondary N) is 1. The molecule has 3 N–H and O–H groups in total. The molecular formula is C18H34Cl3NO7Si. The largest absolute Gasteiger partial charge is 0.445 e. The van der Waals surface area contributed by atoms with Crippen LogP contribution in [0.3, 0.4) is 0 Å². The number of alkyl halides is 3. The number of hydrogen-bond acceptors (Lipinski definition) is 7. The van der Waals surface area contributed by atoms with Crippen LogP contribution in [0.5, 0.6) is 0 Å². The predicted molar refractivity (Wildman–Crippen MR) is 119 cm³/mol. The molecule has 178 valence electrons. The molecule has 1 rings (SSSR count). The summed E-state index contributed by atoms with van der Waals surface area (Å²) >= 11 is 16.7. The number of rotatable bonds is 8. The van der Waals surface area contributed by atoms with Gasteiger partial charge in [0.25, 0.3) is 0 Å². The highest BCUT2D eigenvalue weighted by Gasteiger charge is 2.47. The van der Waals surface area contributed by atoms with E-state index in [4.69, 9.17) is 53.4 Å². The highest BCUT2D eigenvalue weighted by Crippen LogP contribution is 2.37. The van der Waals surface area contributed by atoms with Crippen molar-refractivity contribution >= 4 is 49.2 Å². The third-order valence-electron chi connectivity index (χ3n) is 5.25. The zero-order valence-electron chi connectivity index (χ0n) is 18.3. The van der Waals surface area contributed by atoms with E-state index in [2.05, 4.69) is 39.2 Å². The molecule has 1 fully saturated rings. The van der Waals surface area contributed by atoms with E-state index in [0.29, 0.717) is 13.0 Å². The maximum atomic E-state index is 12.0. The third kappa shape index (κ3) is 8.59. The van der Waals surface area contributed by atoms with Gasteiger partial charge in [0.05, 0.1) is 6.61 Å². The molecule has 0 aromatic carbocycles. The molecule has 0 spiro atoms. The van der Waals surface area contributed by atoms with Crippen LogP contribution in [-0.2, 0) is 18.6 Å². The Bertz CT molecular complexity index is 557. The number of halogens is 3. The van der Waals surface area contributed by atoms with Crippen molar-refractivity contribution in [2.75, 3.05) is 19.8 Å². The first-order valence-corrected chi connectivity index (χ1v) is 13.9. The molecule has 0 radical (unpaired) electrons. The molecule has 0 aromatic heterocycles. The summed E-state index contributed by atoms with van der Waals surface area (Å²) in [5.41, 5.74) is 0. The Hall–Kier alpha value is 0.157. The van der Waals surface area contributed by atoms with Crippen molar-refractivity contribution in [1.29, 1.82) is 0 Å². The molecule has 1 heterocycles. The lowest BCUT2D eigenvalue weighted by Gasteiger charge is -2.44. The number of carbonyl (C=O) groups is 1. The van der Waals surface area contributed by atoms with Crippen LogP contribution in [0.4, 0.5) is 4.79 Å². The van der Waals surface area contributed by atoms with E-state index in [0.717, 1.165) is 0 Å². The highest BCUT2D eigenvalue weighted by atomic mass is 35.6. The number of hydrogen-bond donors (Lipinski definition) is 3. The predicted octanol–water partition coefficient (Wildman–Crippen LogP) is 3.35. The zero-order chi connectivity index (χ0) is 23.3. The highest BCUT2D eigenvalue weighted by molar-refractivity contribution is 6.74. The van der Waals surface area contributed by atoms with Crippen LogP contribution in [0.15, 0.2) is 0 Å². The summed E-state index contributed by atoms with van der Waals surface area (Å²) in [4.78, 5) is 12.0. The van der Waals surface area contributed by atoms with Gasteiger partial charge in [-0.1, -0.05) is 62.5 Å². The van der Waals surface area contributed by atoms with Gasteiger partial charge in [-0.3, -0.25) is 0 Å². The number of aliphatic hydroxyl groups excluding tert-OH is 2. The lowest BCUT2D eigenvalue weighted by molar-refractivity contribution is -0.268. The number of aliphatic hydroxyl groups is 2. The van der Waals surface area contributed by atoms with Crippen molar-refractivity contribution in [2.45, 2.75) is 86.7 Å². The quantitative estimate of drug-likeness (QED) is 0.339. The van der Waals surface area contributed by atoms with Gasteiger partial charge in [0.15, 0.2) is 14.6 Å². The molecule has 0 bridgehead atoms. The van der Waals surface area contributed by atoms with Crippen LogP contribution >= 0.6 is 34.8 Å². The lowest BCUT2D eigenvalue weighted by Crippen LogP contribution is -2.65. The second-order valence-electron chi connectivity index (χ2n) is 8.83. The van der Waals surface area contributed by atoms with E-state index in [9.17, 15) is 15.0 Å². The maximum absolute atomic E-state index is 12.0. The summed E-state index contributed by atoms with van der Waals surface area (Å²) in [7, 11) is -2.10. The third-order valence-corrected chi connectivity index (χ3v) is 10.1. The normalized spacial score (nSPS) is 28.3. The fourth-order valence-electron chi connectivity index (χ4n) is 2.43. The average molecular weight is 511 g/mol. The minimum absolute atomic E-state index is 0.0281. The minimum Gasteiger partial charge on any atom is -0.445 e. The van der Waals surface area contributed by atoms with Crippen LogP contribution in [-0.4, -0.2) is 78.9 Å². The van der Waals surface area contributed by atoms with Gasteiger partial charge in [-0.05, 0) is 24.6 Å². The summed E-state index contributed by atoms with van der Waals surface area (Å²) in [5.74, 6) is 0. The summed E-state index contributed by atoms with van der Waals surface area (Å²) < 4.78 is 20.7. The van der Waals surface area contributed by atoms with Crippen molar-refractivity contribution in [3.63, 3.8) is 0 Å². The van der Waals surface area contributed by atoms with Crippen molar-refractivity contribution in [3.8, 4) is 0 Å². The van der Waals surface area contributed by atoms with Gasteiger partial charge < -0.3 is 34.2 Å². The van der Waals surface area contributed by atoms with Gasteiger partial charge in [0.1, 0.15) is 31.0 Å². The number of alkyl carbamates (subject to hydrolysis) is 1. The topological polar surface area (TPSA) is 106 Å². The van der Waals surface area contributed by atoms with E-state index in [1.54, 1.807) is 0 Å². The number of amides is 1. The Morgan fingerprint density at radius 2 is 1.77 bits per heavy atom. The first-order valence-electron chi connectivity index (χ1n) is 9.86. The van der Waals surface area contributed by atoms with E-state index in [-0.39, 0.29) is 11.6 Å². The Morgan fingerprint density at radius 1 is 1.17 bits per heavy atom. The Morgan fingerprint density at radius 3 is 2.27 bits per heavy atom. The SMILES string of the molecule is CCCO[C@@H]1OC(CO[Si](C)(C)C(C)(C)C)[C@@H](O)[C@H](O)C1NC(=O)OCC(Cl)(Cl)Cl. The van der Waals surface area contributed by atoms with Gasteiger partial charge in [-0.25, -0.2) is 4.79 Å². The van der Waals surface area contributed by atoms with Crippen LogP contribution in [0.2, 0.25) is 18.1 Å². The fourth-order valence-corrected chi connectivity index (χ4v) is 3.61. The van der Waals surface area contributed by atoms with Crippen molar-refractivity contribution in [3.05, 3.63) is 0 Å². The second-order valence-corrected chi connectivity index (χ2v) is 16.2. The molecule has 12 heteroatoms. The Kier molecular flexibility index (Phi) is 10.7. The summed E-state index contributed by atoms with van der Waals surface area (Å²) in [6, 6.07) is -1.08. The molecule has 8 nitrogen and oxygen atoms in total. The van der Waals surface area contributed by atoms with Gasteiger partial charge in [0.2, 0.25) is 3.79 Å². The second kappa shape index (κ2) is 11.3. The van der Waals surface area contributed by atoms with Crippen molar-refractivity contribution < 1.29 is 33.6 Å². The van der Waals surface area contributed by atoms with E-state index < -0.39 is 55.5 Å². The van der Waals surface area contributed by atoms with Crippen molar-refractivity contribution in [1.82, 2.24) is 5.32 Å². The summed E-state index contributed by atoms with van der Waals surface area (Å²) in [5, 5.41) is 23.6. The minimum atomic E-state index is -2.10. The molecule has 2 unspecified atom stereocenters. The van der Waals surface area contributed by atoms with Crippen LogP contribution < -0.4 is 5.32 Å². The first kappa shape index (κ1) is 28.2. The molecule has 30 heavy (non-hydrogen) atoms. The van der Waals surface area contributed by atoms with E-state index in [1.807, 2.05) is 6.92 Å². The molecule has 0 saturated carbocycles. The Balaban J connectivity index is 2.85. The number of ether oxygens (including phenoxy) is 3. The summed E-state index contributed by atoms with van der Waals surface area (Å²) in [6.07, 6.45) is -4.79. The van der Waals surface area contributed by atoms with Gasteiger partial charge in [-0.2, -0.15) is 0 Å². The average Bonchev–Trinajstić information content (AvgIpc) is 2.60. The van der Waals surface area contributed by atoms with Crippen LogP contribution in [0, 0.1) is 0 Å². The maximum Gasteiger partial charge on any atom is 0.407 e. The molecule has 1 aliphatic rings. The molecule has 1 aliphatic heterocycles. The van der Waals surface area contributed by atoms with Crippen LogP contribution in [0.1, 0.15) is 34.1 Å². The van der Waals surface area contributed by atoms with Gasteiger partial charge in [0, 0.05) is 6.61 Å². The van der Waals surface area contributed by atoms with Crippen molar-refractivity contribution in [2.24, 2.45) is 0 Å². The molecule has 0 aromatic rings. The fraction of sp³-hybridized carbons (Fsp3) is 0.944. The van der Waals surface area contributed by atoms with E-state index in [1.165, 1.54) is 0 Å². The van der Waals surface area contributed by atoms with Crippen LogP contribution in [0.25, 0.3) is 0 Å². The van der Waals surface area contributed by atoms with Gasteiger partial charge in [-0.15, -0.1) is 0 Å². The zero-order valence-corrected chi connectivity index (χ0v) is 21.6. The molecule has 0 aliphatic carbocycles. The first-order chi connectivity index (χ1) is 13.6. The molecule has 1 amide bonds. The summed E-state index contributed by atoms with van der Waals surface area (Å²) in [6.45, 7) is 12.3. The monoisotopic (exact) mass is 509 g/mol. The molecule has 5 atom stereocenters. The molecular weight excluding hydrogens is 477 g/mol. The standard InChI is InChI=1S/C18H34Cl3NO7Si/c1-7-8-26-15-12(22-16(25)27-10-18(19,20)21)14(24)13(23)11(29-15)9-28-30(5,6)17(2,3)4/h11-15,23-24H,7-10H2,1-6H3,(H,22,25)/t11?,12?,13-,14-,15-/m1/s1. The molecule has 1 saturated heterocycles. The Labute approximate surface area is 194 Å².